The lowest BCUT2D eigenvalue weighted by Crippen LogP contribution is -2.19. The maximum atomic E-state index is 6.18. The van der Waals surface area contributed by atoms with Gasteiger partial charge < -0.3 is 10.3 Å². The Labute approximate surface area is 108 Å². The lowest BCUT2D eigenvalue weighted by molar-refractivity contribution is 0.525. The smallest absolute Gasteiger partial charge is 0.0555 e. The third-order valence-corrected chi connectivity index (χ3v) is 3.99. The molecule has 3 heteroatoms. The summed E-state index contributed by atoms with van der Waals surface area (Å²) in [5.74, 6) is 0. The fraction of sp³-hybridized carbons (Fsp3) is 0.400. The van der Waals surface area contributed by atoms with Crippen molar-refractivity contribution in [2.45, 2.75) is 38.3 Å². The number of aromatic nitrogens is 2. The Morgan fingerprint density at radius 3 is 2.89 bits per heavy atom. The lowest BCUT2D eigenvalue weighted by atomic mass is 9.93. The third kappa shape index (κ3) is 1.85. The monoisotopic (exact) mass is 241 g/mol. The molecule has 2 N–H and O–H groups in total. The molecule has 18 heavy (non-hydrogen) atoms. The van der Waals surface area contributed by atoms with Crippen LogP contribution in [0, 0.1) is 0 Å². The van der Waals surface area contributed by atoms with E-state index in [1.54, 1.807) is 0 Å². The Hall–Kier alpha value is -1.61. The highest BCUT2D eigenvalue weighted by Crippen LogP contribution is 2.32. The van der Waals surface area contributed by atoms with Crippen LogP contribution in [0.25, 0.3) is 0 Å². The normalized spacial score (nSPS) is 20.4. The first-order valence-electron chi connectivity index (χ1n) is 6.62. The Morgan fingerprint density at radius 1 is 1.33 bits per heavy atom. The third-order valence-electron chi connectivity index (χ3n) is 3.99. The second-order valence-corrected chi connectivity index (χ2v) is 5.08. The Kier molecular flexibility index (Phi) is 2.92. The number of hydrogen-bond donors (Lipinski definition) is 1. The summed E-state index contributed by atoms with van der Waals surface area (Å²) in [7, 11) is 0. The Morgan fingerprint density at radius 2 is 2.11 bits per heavy atom. The Balaban J connectivity index is 1.98. The van der Waals surface area contributed by atoms with Crippen molar-refractivity contribution in [3.63, 3.8) is 0 Å². The van der Waals surface area contributed by atoms with Gasteiger partial charge >= 0.3 is 0 Å². The van der Waals surface area contributed by atoms with E-state index >= 15 is 0 Å². The molecule has 0 aromatic carbocycles. The van der Waals surface area contributed by atoms with Gasteiger partial charge in [0.15, 0.2) is 0 Å². The van der Waals surface area contributed by atoms with Crippen molar-refractivity contribution in [3.8, 4) is 0 Å². The summed E-state index contributed by atoms with van der Waals surface area (Å²) < 4.78 is 2.36. The second-order valence-electron chi connectivity index (χ2n) is 5.08. The molecule has 0 fully saturated rings. The topological polar surface area (TPSA) is 43.8 Å². The first-order valence-corrected chi connectivity index (χ1v) is 6.62. The zero-order chi connectivity index (χ0) is 12.5. The highest BCUT2D eigenvalue weighted by atomic mass is 15.0. The molecule has 2 unspecified atom stereocenters. The van der Waals surface area contributed by atoms with E-state index in [4.69, 9.17) is 5.73 Å². The predicted molar refractivity (Wildman–Crippen MR) is 72.3 cm³/mol. The van der Waals surface area contributed by atoms with Crippen LogP contribution in [0.15, 0.2) is 36.8 Å². The number of hydrogen-bond acceptors (Lipinski definition) is 2. The molecular formula is C15H19N3. The first kappa shape index (κ1) is 11.5. The molecule has 2 aromatic rings. The number of pyridine rings is 1. The van der Waals surface area contributed by atoms with E-state index in [2.05, 4.69) is 40.9 Å². The average molecular weight is 241 g/mol. The molecule has 2 atom stereocenters. The molecular weight excluding hydrogens is 222 g/mol. The van der Waals surface area contributed by atoms with Gasteiger partial charge in [-0.15, -0.1) is 0 Å². The molecule has 0 amide bonds. The van der Waals surface area contributed by atoms with E-state index in [-0.39, 0.29) is 6.04 Å². The largest absolute Gasteiger partial charge is 0.344 e. The molecule has 2 aromatic heterocycles. The van der Waals surface area contributed by atoms with Crippen LogP contribution in [-0.4, -0.2) is 9.55 Å². The van der Waals surface area contributed by atoms with E-state index in [1.807, 2.05) is 12.4 Å². The summed E-state index contributed by atoms with van der Waals surface area (Å²) in [5.41, 5.74) is 10.2. The van der Waals surface area contributed by atoms with Gasteiger partial charge in [0.2, 0.25) is 0 Å². The zero-order valence-electron chi connectivity index (χ0n) is 10.7. The molecule has 0 saturated carbocycles. The van der Waals surface area contributed by atoms with Crippen molar-refractivity contribution in [3.05, 3.63) is 53.6 Å². The lowest BCUT2D eigenvalue weighted by Gasteiger charge is -2.24. The van der Waals surface area contributed by atoms with Crippen molar-refractivity contribution in [1.82, 2.24) is 9.55 Å². The number of rotatable bonds is 2. The predicted octanol–water partition coefficient (Wildman–Crippen LogP) is 2.83. The van der Waals surface area contributed by atoms with Gasteiger partial charge in [0.05, 0.1) is 6.04 Å². The van der Waals surface area contributed by atoms with Gasteiger partial charge in [-0.1, -0.05) is 0 Å². The maximum absolute atomic E-state index is 6.18. The van der Waals surface area contributed by atoms with Gasteiger partial charge in [-0.25, -0.2) is 0 Å². The molecule has 1 aliphatic rings. The SMILES string of the molecule is CC(c1ccncc1)n1ccc2c1CCCC2N. The molecule has 1 aliphatic carbocycles. The Bertz CT molecular complexity index is 530. The first-order chi connectivity index (χ1) is 8.77. The zero-order valence-corrected chi connectivity index (χ0v) is 10.7. The summed E-state index contributed by atoms with van der Waals surface area (Å²) >= 11 is 0. The summed E-state index contributed by atoms with van der Waals surface area (Å²) in [6.45, 7) is 2.23. The molecule has 0 bridgehead atoms. The fourth-order valence-electron chi connectivity index (χ4n) is 2.92. The van der Waals surface area contributed by atoms with Crippen molar-refractivity contribution < 1.29 is 0 Å². The van der Waals surface area contributed by atoms with Crippen molar-refractivity contribution in [2.75, 3.05) is 0 Å². The molecule has 0 spiro atoms. The number of nitrogens with two attached hydrogens (primary N) is 1. The van der Waals surface area contributed by atoms with E-state index in [1.165, 1.54) is 23.2 Å². The molecule has 0 aliphatic heterocycles. The van der Waals surface area contributed by atoms with Gasteiger partial charge in [-0.2, -0.15) is 0 Å². The van der Waals surface area contributed by atoms with Crippen LogP contribution in [0.3, 0.4) is 0 Å². The summed E-state index contributed by atoms with van der Waals surface area (Å²) in [6.07, 6.45) is 9.34. The van der Waals surface area contributed by atoms with Crippen LogP contribution in [0.5, 0.6) is 0 Å². The van der Waals surface area contributed by atoms with Gasteiger partial charge in [0.1, 0.15) is 0 Å². The minimum atomic E-state index is 0.222. The van der Waals surface area contributed by atoms with Crippen molar-refractivity contribution in [1.29, 1.82) is 0 Å². The highest BCUT2D eigenvalue weighted by Gasteiger charge is 2.22. The number of nitrogens with zero attached hydrogens (tertiary/aromatic N) is 2. The van der Waals surface area contributed by atoms with Crippen LogP contribution in [0.1, 0.15) is 48.7 Å². The maximum Gasteiger partial charge on any atom is 0.0555 e. The van der Waals surface area contributed by atoms with E-state index in [9.17, 15) is 0 Å². The van der Waals surface area contributed by atoms with E-state index in [0.717, 1.165) is 12.8 Å². The molecule has 94 valence electrons. The average Bonchev–Trinajstić information content (AvgIpc) is 2.84. The van der Waals surface area contributed by atoms with Gasteiger partial charge in [-0.3, -0.25) is 4.98 Å². The summed E-state index contributed by atoms with van der Waals surface area (Å²) in [5, 5.41) is 0. The van der Waals surface area contributed by atoms with E-state index < -0.39 is 0 Å². The van der Waals surface area contributed by atoms with Gasteiger partial charge in [0, 0.05) is 30.3 Å². The van der Waals surface area contributed by atoms with Crippen LogP contribution in [-0.2, 0) is 6.42 Å². The molecule has 3 nitrogen and oxygen atoms in total. The quantitative estimate of drug-likeness (QED) is 0.878. The van der Waals surface area contributed by atoms with Crippen LogP contribution in [0.2, 0.25) is 0 Å². The van der Waals surface area contributed by atoms with Crippen LogP contribution < -0.4 is 5.73 Å². The van der Waals surface area contributed by atoms with Crippen LogP contribution >= 0.6 is 0 Å². The van der Waals surface area contributed by atoms with Gasteiger partial charge in [0.25, 0.3) is 0 Å². The fourth-order valence-corrected chi connectivity index (χ4v) is 2.92. The molecule has 0 saturated heterocycles. The van der Waals surface area contributed by atoms with Crippen molar-refractivity contribution in [2.24, 2.45) is 5.73 Å². The second kappa shape index (κ2) is 4.58. The standard InChI is InChI=1S/C15H19N3/c1-11(12-5-8-17-9-6-12)18-10-7-13-14(16)3-2-4-15(13)18/h5-11,14H,2-4,16H2,1H3. The minimum Gasteiger partial charge on any atom is -0.344 e. The summed E-state index contributed by atoms with van der Waals surface area (Å²) in [6, 6.07) is 6.93. The van der Waals surface area contributed by atoms with Crippen LogP contribution in [0.4, 0.5) is 0 Å². The minimum absolute atomic E-state index is 0.222. The van der Waals surface area contributed by atoms with Crippen molar-refractivity contribution >= 4 is 0 Å². The van der Waals surface area contributed by atoms with E-state index in [0.29, 0.717) is 6.04 Å². The summed E-state index contributed by atoms with van der Waals surface area (Å²) in [4.78, 5) is 4.08. The number of fused-ring (bicyclic) bond motifs is 1. The molecule has 3 rings (SSSR count). The molecule has 0 radical (unpaired) electrons. The van der Waals surface area contributed by atoms with Gasteiger partial charge in [-0.05, 0) is 55.5 Å². The molecule has 2 heterocycles. The highest BCUT2D eigenvalue weighted by molar-refractivity contribution is 5.30.